The Hall–Kier alpha value is -2.61. The third kappa shape index (κ3) is 3.11. The molecule has 28 heavy (non-hydrogen) atoms. The van der Waals surface area contributed by atoms with Crippen LogP contribution in [0.25, 0.3) is 0 Å². The lowest BCUT2D eigenvalue weighted by atomic mass is 10.0. The maximum atomic E-state index is 14.0. The minimum atomic E-state index is -0.748. The van der Waals surface area contributed by atoms with Gasteiger partial charge in [0.2, 0.25) is 5.91 Å². The fourth-order valence-corrected chi connectivity index (χ4v) is 4.04. The van der Waals surface area contributed by atoms with Gasteiger partial charge in [-0.3, -0.25) is 19.3 Å². The minimum Gasteiger partial charge on any atom is -0.312 e. The van der Waals surface area contributed by atoms with Crippen molar-refractivity contribution in [3.8, 4) is 0 Å². The number of halogens is 3. The van der Waals surface area contributed by atoms with Gasteiger partial charge in [0, 0.05) is 35.6 Å². The summed E-state index contributed by atoms with van der Waals surface area (Å²) < 4.78 is 28.3. The van der Waals surface area contributed by atoms with E-state index in [2.05, 4.69) is 15.9 Å². The summed E-state index contributed by atoms with van der Waals surface area (Å²) in [4.78, 5) is 40.0. The van der Waals surface area contributed by atoms with Crippen LogP contribution in [0, 0.1) is 11.6 Å². The first kappa shape index (κ1) is 18.7. The Labute approximate surface area is 168 Å². The zero-order chi connectivity index (χ0) is 20.0. The number of nitrogens with zero attached hydrogens (tertiary/aromatic N) is 2. The molecule has 0 bridgehead atoms. The highest BCUT2D eigenvalue weighted by Crippen LogP contribution is 2.31. The molecule has 2 aliphatic rings. The highest BCUT2D eigenvalue weighted by Gasteiger charge is 2.36. The van der Waals surface area contributed by atoms with Crippen LogP contribution in [-0.2, 0) is 11.2 Å². The molecule has 0 aliphatic carbocycles. The second-order valence-corrected chi connectivity index (χ2v) is 7.65. The topological polar surface area (TPSA) is 57.7 Å². The van der Waals surface area contributed by atoms with Crippen LogP contribution in [0.1, 0.15) is 39.1 Å². The van der Waals surface area contributed by atoms with Crippen LogP contribution >= 0.6 is 15.9 Å². The van der Waals surface area contributed by atoms with Gasteiger partial charge in [-0.05, 0) is 37.1 Å². The van der Waals surface area contributed by atoms with Crippen LogP contribution in [0.4, 0.5) is 14.5 Å². The molecule has 8 heteroatoms. The number of carbonyl (C=O) groups is 3. The lowest BCUT2D eigenvalue weighted by Crippen LogP contribution is -2.39. The predicted molar refractivity (Wildman–Crippen MR) is 101 cm³/mol. The number of rotatable bonds is 3. The van der Waals surface area contributed by atoms with Gasteiger partial charge in [-0.25, -0.2) is 8.78 Å². The summed E-state index contributed by atoms with van der Waals surface area (Å²) in [6.45, 7) is 0.246. The number of carbonyl (C=O) groups excluding carboxylic acids is 3. The van der Waals surface area contributed by atoms with Gasteiger partial charge in [0.15, 0.2) is 0 Å². The summed E-state index contributed by atoms with van der Waals surface area (Å²) in [5.74, 6) is -2.70. The Balaban J connectivity index is 1.51. The van der Waals surface area contributed by atoms with Gasteiger partial charge in [-0.2, -0.15) is 0 Å². The fraction of sp³-hybridized carbons (Fsp3) is 0.250. The van der Waals surface area contributed by atoms with Crippen LogP contribution in [-0.4, -0.2) is 35.7 Å². The summed E-state index contributed by atoms with van der Waals surface area (Å²) in [7, 11) is 0. The van der Waals surface area contributed by atoms with E-state index in [-0.39, 0.29) is 24.6 Å². The molecule has 2 aliphatic heterocycles. The lowest BCUT2D eigenvalue weighted by molar-refractivity contribution is -0.118. The molecule has 2 heterocycles. The Bertz CT molecular complexity index is 1020. The van der Waals surface area contributed by atoms with Gasteiger partial charge in [-0.15, -0.1) is 0 Å². The molecule has 0 aromatic heterocycles. The molecule has 4 rings (SSSR count). The largest absolute Gasteiger partial charge is 0.312 e. The predicted octanol–water partition coefficient (Wildman–Crippen LogP) is 3.69. The smallest absolute Gasteiger partial charge is 0.261 e. The second-order valence-electron chi connectivity index (χ2n) is 6.74. The van der Waals surface area contributed by atoms with Crippen molar-refractivity contribution in [2.24, 2.45) is 0 Å². The number of hydrogen-bond acceptors (Lipinski definition) is 3. The highest BCUT2D eigenvalue weighted by molar-refractivity contribution is 9.10. The monoisotopic (exact) mass is 448 g/mol. The molecule has 3 amide bonds. The van der Waals surface area contributed by atoms with Crippen LogP contribution in [0.5, 0.6) is 0 Å². The van der Waals surface area contributed by atoms with E-state index >= 15 is 0 Å². The molecule has 0 radical (unpaired) electrons. The normalized spacial score (nSPS) is 15.7. The summed E-state index contributed by atoms with van der Waals surface area (Å²) >= 11 is 3.27. The van der Waals surface area contributed by atoms with E-state index < -0.39 is 23.4 Å². The highest BCUT2D eigenvalue weighted by atomic mass is 79.9. The van der Waals surface area contributed by atoms with Gasteiger partial charge >= 0.3 is 0 Å². The van der Waals surface area contributed by atoms with Crippen LogP contribution in [0.2, 0.25) is 0 Å². The maximum Gasteiger partial charge on any atom is 0.261 e. The maximum absolute atomic E-state index is 14.0. The van der Waals surface area contributed by atoms with E-state index in [1.54, 1.807) is 18.2 Å². The third-order valence-corrected chi connectivity index (χ3v) is 5.51. The van der Waals surface area contributed by atoms with Crippen molar-refractivity contribution in [1.82, 2.24) is 4.90 Å². The van der Waals surface area contributed by atoms with Crippen LogP contribution in [0.3, 0.4) is 0 Å². The zero-order valence-corrected chi connectivity index (χ0v) is 16.3. The third-order valence-electron chi connectivity index (χ3n) is 5.02. The summed E-state index contributed by atoms with van der Waals surface area (Å²) in [6, 6.07) is 6.77. The molecular weight excluding hydrogens is 434 g/mol. The van der Waals surface area contributed by atoms with Gasteiger partial charge in [-0.1, -0.05) is 15.9 Å². The molecule has 2 aromatic carbocycles. The van der Waals surface area contributed by atoms with Crippen molar-refractivity contribution in [1.29, 1.82) is 0 Å². The van der Waals surface area contributed by atoms with E-state index in [1.165, 1.54) is 4.90 Å². The summed E-state index contributed by atoms with van der Waals surface area (Å²) in [5.41, 5.74) is 1.12. The molecule has 2 aromatic rings. The van der Waals surface area contributed by atoms with Crippen LogP contribution < -0.4 is 4.90 Å². The quantitative estimate of drug-likeness (QED) is 0.672. The van der Waals surface area contributed by atoms with E-state index in [1.807, 2.05) is 0 Å². The van der Waals surface area contributed by atoms with Gasteiger partial charge < -0.3 is 4.90 Å². The van der Waals surface area contributed by atoms with Crippen molar-refractivity contribution in [3.63, 3.8) is 0 Å². The average molecular weight is 449 g/mol. The van der Waals surface area contributed by atoms with E-state index in [4.69, 9.17) is 0 Å². The van der Waals surface area contributed by atoms with Crippen molar-refractivity contribution >= 4 is 39.3 Å². The summed E-state index contributed by atoms with van der Waals surface area (Å²) in [5, 5.41) is 0. The molecular formula is C20H15BrF2N2O3. The second kappa shape index (κ2) is 7.09. The Morgan fingerprint density at radius 2 is 1.82 bits per heavy atom. The lowest BCUT2D eigenvalue weighted by Gasteiger charge is -2.30. The molecule has 0 fully saturated rings. The number of amides is 3. The van der Waals surface area contributed by atoms with Crippen molar-refractivity contribution < 1.29 is 23.2 Å². The van der Waals surface area contributed by atoms with Crippen molar-refractivity contribution in [2.75, 3.05) is 18.0 Å². The Morgan fingerprint density at radius 3 is 2.61 bits per heavy atom. The number of benzene rings is 2. The van der Waals surface area contributed by atoms with E-state index in [0.717, 1.165) is 17.0 Å². The van der Waals surface area contributed by atoms with Gasteiger partial charge in [0.25, 0.3) is 11.8 Å². The van der Waals surface area contributed by atoms with Crippen LogP contribution in [0.15, 0.2) is 34.8 Å². The molecule has 0 N–H and O–H groups in total. The van der Waals surface area contributed by atoms with E-state index in [0.29, 0.717) is 40.5 Å². The Morgan fingerprint density at radius 1 is 1.07 bits per heavy atom. The molecule has 0 atom stereocenters. The first-order valence-electron chi connectivity index (χ1n) is 8.81. The number of hydrogen-bond donors (Lipinski definition) is 0. The van der Waals surface area contributed by atoms with Gasteiger partial charge in [0.05, 0.1) is 16.8 Å². The molecule has 0 saturated carbocycles. The van der Waals surface area contributed by atoms with E-state index in [9.17, 15) is 23.2 Å². The molecule has 0 saturated heterocycles. The molecule has 0 unspecified atom stereocenters. The summed E-state index contributed by atoms with van der Waals surface area (Å²) in [6.07, 6.45) is 0.866. The zero-order valence-electron chi connectivity index (χ0n) is 14.7. The first-order valence-corrected chi connectivity index (χ1v) is 9.60. The molecule has 144 valence electrons. The molecule has 0 spiro atoms. The number of fused-ring (bicyclic) bond motifs is 2. The number of anilines is 1. The number of imide groups is 1. The average Bonchev–Trinajstić information content (AvgIpc) is 2.89. The SMILES string of the molecule is O=C1c2ccc(Br)cc2C(=O)N1CCC(=O)N1CCCc2c(F)cc(F)cc21. The van der Waals surface area contributed by atoms with Gasteiger partial charge in [0.1, 0.15) is 11.6 Å². The standard InChI is InChI=1S/C20H15BrF2N2O3/c21-11-3-4-13-15(8-11)20(28)25(19(13)27)7-5-18(26)24-6-1-2-14-16(23)9-12(22)10-17(14)24/h3-4,8-10H,1-2,5-7H2. The minimum absolute atomic E-state index is 0.0908. The first-order chi connectivity index (χ1) is 13.4. The Kier molecular flexibility index (Phi) is 4.74. The van der Waals surface area contributed by atoms with Crippen molar-refractivity contribution in [3.05, 3.63) is 63.1 Å². The fourth-order valence-electron chi connectivity index (χ4n) is 3.68. The molecule has 5 nitrogen and oxygen atoms in total. The van der Waals surface area contributed by atoms with Crippen molar-refractivity contribution in [2.45, 2.75) is 19.3 Å².